The molecule has 0 radical (unpaired) electrons. The van der Waals surface area contributed by atoms with Crippen molar-refractivity contribution in [1.82, 2.24) is 24.6 Å². The minimum Gasteiger partial charge on any atom is -0.352 e. The van der Waals surface area contributed by atoms with Crippen LogP contribution in [0.25, 0.3) is 0 Å². The van der Waals surface area contributed by atoms with Gasteiger partial charge in [0.05, 0.1) is 6.54 Å². The highest BCUT2D eigenvalue weighted by Gasteiger charge is 2.22. The number of carbonyl (C=O) groups excluding carboxylic acids is 1. The van der Waals surface area contributed by atoms with Gasteiger partial charge in [0.1, 0.15) is 5.82 Å². The summed E-state index contributed by atoms with van der Waals surface area (Å²) in [4.78, 5) is 26.8. The van der Waals surface area contributed by atoms with Gasteiger partial charge in [-0.2, -0.15) is 5.10 Å². The number of carbonyl (C=O) groups is 1. The number of amides is 1. The van der Waals surface area contributed by atoms with E-state index in [-0.39, 0.29) is 17.6 Å². The quantitative estimate of drug-likeness (QED) is 0.862. The summed E-state index contributed by atoms with van der Waals surface area (Å²) < 4.78 is 3.36. The Labute approximate surface area is 143 Å². The number of rotatable bonds is 5. The second kappa shape index (κ2) is 7.96. The molecule has 7 heteroatoms. The fraction of sp³-hybridized carbons (Fsp3) is 0.824. The van der Waals surface area contributed by atoms with E-state index in [0.717, 1.165) is 44.6 Å². The van der Waals surface area contributed by atoms with Gasteiger partial charge in [-0.25, -0.2) is 9.48 Å². The maximum Gasteiger partial charge on any atom is 0.345 e. The number of nitrogens with zero attached hydrogens (tertiary/aromatic N) is 4. The lowest BCUT2D eigenvalue weighted by atomic mass is 10.1. The van der Waals surface area contributed by atoms with Crippen molar-refractivity contribution in [2.75, 3.05) is 19.6 Å². The topological polar surface area (TPSA) is 72.2 Å². The lowest BCUT2D eigenvalue weighted by molar-refractivity contribution is -0.123. The third kappa shape index (κ3) is 4.06. The van der Waals surface area contributed by atoms with Crippen molar-refractivity contribution in [2.45, 2.75) is 71.0 Å². The summed E-state index contributed by atoms with van der Waals surface area (Å²) >= 11 is 0. The summed E-state index contributed by atoms with van der Waals surface area (Å²) in [6.07, 6.45) is 6.99. The highest BCUT2D eigenvalue weighted by atomic mass is 16.2. The standard InChI is InChI=1S/C17H29N5O2/c1-2-9-22-17(24)21-12-8-14(6-7-15(21)19-22)18-16(23)13-20-10-4-3-5-11-20/h14H,2-13H2,1H3,(H,18,23). The Balaban J connectivity index is 1.53. The molecule has 0 aromatic carbocycles. The van der Waals surface area contributed by atoms with Crippen LogP contribution in [0.3, 0.4) is 0 Å². The number of fused-ring (bicyclic) bond motifs is 1. The zero-order chi connectivity index (χ0) is 16.9. The number of hydrogen-bond donors (Lipinski definition) is 1. The van der Waals surface area contributed by atoms with Crippen molar-refractivity contribution in [3.8, 4) is 0 Å². The maximum absolute atomic E-state index is 12.3. The molecule has 0 saturated carbocycles. The van der Waals surface area contributed by atoms with Crippen LogP contribution >= 0.6 is 0 Å². The molecule has 24 heavy (non-hydrogen) atoms. The molecule has 1 unspecified atom stereocenters. The van der Waals surface area contributed by atoms with E-state index in [1.165, 1.54) is 19.3 Å². The monoisotopic (exact) mass is 335 g/mol. The Kier molecular flexibility index (Phi) is 5.71. The van der Waals surface area contributed by atoms with Gasteiger partial charge in [0.15, 0.2) is 0 Å². The van der Waals surface area contributed by atoms with Crippen LogP contribution in [-0.4, -0.2) is 50.8 Å². The van der Waals surface area contributed by atoms with Crippen molar-refractivity contribution < 1.29 is 4.79 Å². The van der Waals surface area contributed by atoms with Gasteiger partial charge in [-0.3, -0.25) is 14.3 Å². The largest absolute Gasteiger partial charge is 0.352 e. The molecular formula is C17H29N5O2. The van der Waals surface area contributed by atoms with E-state index in [4.69, 9.17) is 0 Å². The maximum atomic E-state index is 12.3. The van der Waals surface area contributed by atoms with Crippen molar-refractivity contribution in [2.24, 2.45) is 0 Å². The summed E-state index contributed by atoms with van der Waals surface area (Å²) in [6, 6.07) is 0.142. The predicted molar refractivity (Wildman–Crippen MR) is 91.9 cm³/mol. The third-order valence-corrected chi connectivity index (χ3v) is 5.03. The van der Waals surface area contributed by atoms with Gasteiger partial charge in [0.25, 0.3) is 0 Å². The molecule has 1 atom stereocenters. The number of nitrogens with one attached hydrogen (secondary N) is 1. The Hall–Kier alpha value is -1.63. The van der Waals surface area contributed by atoms with Crippen LogP contribution in [0.1, 0.15) is 51.3 Å². The van der Waals surface area contributed by atoms with Crippen LogP contribution in [0.2, 0.25) is 0 Å². The van der Waals surface area contributed by atoms with Gasteiger partial charge in [0, 0.05) is 25.6 Å². The van der Waals surface area contributed by atoms with Crippen molar-refractivity contribution in [3.63, 3.8) is 0 Å². The van der Waals surface area contributed by atoms with Crippen LogP contribution in [0.4, 0.5) is 0 Å². The molecule has 1 fully saturated rings. The van der Waals surface area contributed by atoms with Crippen LogP contribution in [0.15, 0.2) is 4.79 Å². The van der Waals surface area contributed by atoms with Crippen molar-refractivity contribution >= 4 is 5.91 Å². The van der Waals surface area contributed by atoms with Crippen LogP contribution in [0.5, 0.6) is 0 Å². The fourth-order valence-corrected chi connectivity index (χ4v) is 3.72. The molecule has 1 N–H and O–H groups in total. The van der Waals surface area contributed by atoms with E-state index in [9.17, 15) is 9.59 Å². The van der Waals surface area contributed by atoms with E-state index in [1.54, 1.807) is 9.25 Å². The average Bonchev–Trinajstić information content (AvgIpc) is 2.74. The third-order valence-electron chi connectivity index (χ3n) is 5.03. The molecule has 0 aliphatic carbocycles. The fourth-order valence-electron chi connectivity index (χ4n) is 3.72. The first-order valence-corrected chi connectivity index (χ1v) is 9.35. The SMILES string of the molecule is CCCn1nc2n(c1=O)CCC(NC(=O)CN1CCCCC1)CC2. The van der Waals surface area contributed by atoms with E-state index in [0.29, 0.717) is 19.6 Å². The lowest BCUT2D eigenvalue weighted by Crippen LogP contribution is -2.43. The molecule has 2 aliphatic heterocycles. The van der Waals surface area contributed by atoms with Crippen LogP contribution < -0.4 is 11.0 Å². The molecule has 1 aromatic rings. The summed E-state index contributed by atoms with van der Waals surface area (Å²) in [5.74, 6) is 0.978. The van der Waals surface area contributed by atoms with Gasteiger partial charge < -0.3 is 5.32 Å². The molecule has 0 bridgehead atoms. The Morgan fingerprint density at radius 2 is 2.00 bits per heavy atom. The molecule has 3 heterocycles. The van der Waals surface area contributed by atoms with Gasteiger partial charge in [-0.15, -0.1) is 0 Å². The van der Waals surface area contributed by atoms with Crippen molar-refractivity contribution in [3.05, 3.63) is 16.3 Å². The lowest BCUT2D eigenvalue weighted by Gasteiger charge is -2.26. The molecular weight excluding hydrogens is 306 g/mol. The minimum atomic E-state index is -0.00727. The molecule has 2 aliphatic rings. The highest BCUT2D eigenvalue weighted by Crippen LogP contribution is 2.13. The van der Waals surface area contributed by atoms with E-state index < -0.39 is 0 Å². The first-order valence-electron chi connectivity index (χ1n) is 9.35. The number of likely N-dealkylation sites (tertiary alicyclic amines) is 1. The Morgan fingerprint density at radius 3 is 2.75 bits per heavy atom. The van der Waals surface area contributed by atoms with Crippen LogP contribution in [0, 0.1) is 0 Å². The smallest absolute Gasteiger partial charge is 0.345 e. The number of piperidine rings is 1. The van der Waals surface area contributed by atoms with Crippen LogP contribution in [-0.2, 0) is 24.3 Å². The molecule has 3 rings (SSSR count). The molecule has 1 saturated heterocycles. The zero-order valence-electron chi connectivity index (χ0n) is 14.7. The summed E-state index contributed by atoms with van der Waals surface area (Å²) in [5.41, 5.74) is -0.00727. The molecule has 7 nitrogen and oxygen atoms in total. The minimum absolute atomic E-state index is 0.00727. The molecule has 1 amide bonds. The second-order valence-electron chi connectivity index (χ2n) is 7.00. The van der Waals surface area contributed by atoms with E-state index >= 15 is 0 Å². The highest BCUT2D eigenvalue weighted by molar-refractivity contribution is 5.78. The Morgan fingerprint density at radius 1 is 1.21 bits per heavy atom. The van der Waals surface area contributed by atoms with Gasteiger partial charge in [-0.1, -0.05) is 13.3 Å². The number of hydrogen-bond acceptors (Lipinski definition) is 4. The van der Waals surface area contributed by atoms with Gasteiger partial charge in [-0.05, 0) is 45.2 Å². The van der Waals surface area contributed by atoms with E-state index in [1.807, 2.05) is 6.92 Å². The first-order chi connectivity index (χ1) is 11.7. The summed E-state index contributed by atoms with van der Waals surface area (Å²) in [6.45, 7) is 5.94. The Bertz CT molecular complexity index is 615. The number of aromatic nitrogens is 3. The van der Waals surface area contributed by atoms with E-state index in [2.05, 4.69) is 15.3 Å². The van der Waals surface area contributed by atoms with Gasteiger partial charge in [0.2, 0.25) is 5.91 Å². The predicted octanol–water partition coefficient (Wildman–Crippen LogP) is 0.762. The normalized spacial score (nSPS) is 22.0. The second-order valence-corrected chi connectivity index (χ2v) is 7.00. The summed E-state index contributed by atoms with van der Waals surface area (Å²) in [7, 11) is 0. The average molecular weight is 335 g/mol. The first kappa shape index (κ1) is 17.2. The number of aryl methyl sites for hydroxylation is 2. The zero-order valence-corrected chi connectivity index (χ0v) is 14.7. The van der Waals surface area contributed by atoms with Crippen molar-refractivity contribution in [1.29, 1.82) is 0 Å². The summed E-state index contributed by atoms with van der Waals surface area (Å²) in [5, 5.41) is 7.61. The molecule has 134 valence electrons. The van der Waals surface area contributed by atoms with Gasteiger partial charge >= 0.3 is 5.69 Å². The molecule has 1 aromatic heterocycles. The molecule has 0 spiro atoms.